The van der Waals surface area contributed by atoms with Crippen LogP contribution in [0.5, 0.6) is 0 Å². The maximum atomic E-state index is 15.1. The summed E-state index contributed by atoms with van der Waals surface area (Å²) in [6.45, 7) is 0. The summed E-state index contributed by atoms with van der Waals surface area (Å²) in [4.78, 5) is 62.7. The average molecular weight is 714 g/mol. The first-order valence-corrected chi connectivity index (χ1v) is 16.4. The van der Waals surface area contributed by atoms with Crippen molar-refractivity contribution >= 4 is 38.5 Å². The topological polar surface area (TPSA) is 195 Å². The highest BCUT2D eigenvalue weighted by atomic mass is 32.2. The largest absolute Gasteiger partial charge is 0.480 e. The number of carboxylic acids is 1. The van der Waals surface area contributed by atoms with Gasteiger partial charge in [0.2, 0.25) is 0 Å². The number of aliphatic carboxylic acids is 1. The van der Waals surface area contributed by atoms with Crippen LogP contribution in [0.1, 0.15) is 15.9 Å². The van der Waals surface area contributed by atoms with Gasteiger partial charge in [-0.2, -0.15) is 0 Å². The number of aryl methyl sites for hydroxylation is 1. The Hall–Kier alpha value is -6.62. The van der Waals surface area contributed by atoms with Crippen molar-refractivity contribution < 1.29 is 31.9 Å². The Morgan fingerprint density at radius 1 is 0.902 bits per heavy atom. The van der Waals surface area contributed by atoms with E-state index in [9.17, 15) is 32.7 Å². The summed E-state index contributed by atoms with van der Waals surface area (Å²) in [5.41, 5.74) is -0.879. The number of rotatable bonds is 10. The Kier molecular flexibility index (Phi) is 9.21. The number of carbonyl (C=O) groups is 2. The lowest BCUT2D eigenvalue weighted by molar-refractivity contribution is -0.139. The lowest BCUT2D eigenvalue weighted by Gasteiger charge is -2.16. The summed E-state index contributed by atoms with van der Waals surface area (Å²) < 4.78 is 60.2. The highest BCUT2D eigenvalue weighted by Gasteiger charge is 2.27. The molecule has 3 N–H and O–H groups in total. The Labute approximate surface area is 286 Å². The molecule has 2 aromatic carbocycles. The summed E-state index contributed by atoms with van der Waals surface area (Å²) in [7, 11) is -2.87. The molecule has 0 spiro atoms. The standard InChI is InChI=1S/C34H25F2N7O7S/c1-42-29-18-38-13-10-24(29)32(45)43(34(42)48)22-4-2-19(3-5-22)14-28(33(46)47)40-31(44)30-25(35)15-21(16-26(30)36)41-51(49,50)23-6-7-27(39-17-23)20-8-11-37-12-9-20/h2-13,15-18,28,41H,14H2,1H3,(H,40,44)(H,46,47)/t28-/m0/s1. The number of hydrogen-bond donors (Lipinski definition) is 3. The number of carboxylic acid groups (broad SMARTS) is 1. The molecule has 1 atom stereocenters. The van der Waals surface area contributed by atoms with Gasteiger partial charge in [-0.15, -0.1) is 0 Å². The number of sulfonamides is 1. The van der Waals surface area contributed by atoms with E-state index in [4.69, 9.17) is 0 Å². The smallest absolute Gasteiger partial charge is 0.335 e. The first kappa shape index (κ1) is 34.3. The van der Waals surface area contributed by atoms with E-state index in [0.717, 1.165) is 10.8 Å². The fraction of sp³-hybridized carbons (Fsp3) is 0.0882. The van der Waals surface area contributed by atoms with Crippen LogP contribution in [0, 0.1) is 11.6 Å². The lowest BCUT2D eigenvalue weighted by atomic mass is 10.0. The summed E-state index contributed by atoms with van der Waals surface area (Å²) in [6, 6.07) is 12.7. The number of benzene rings is 2. The second-order valence-electron chi connectivity index (χ2n) is 11.1. The fourth-order valence-corrected chi connectivity index (χ4v) is 6.25. The van der Waals surface area contributed by atoms with Gasteiger partial charge in [0.05, 0.1) is 34.2 Å². The van der Waals surface area contributed by atoms with Crippen LogP contribution in [0.15, 0.2) is 112 Å². The molecule has 0 saturated carbocycles. The SMILES string of the molecule is Cn1c(=O)n(-c2ccc(C[C@H](NC(=O)c3c(F)cc(NS(=O)(=O)c4ccc(-c5ccncc5)nc4)cc3F)C(=O)O)cc2)c(=O)c2ccncc21. The second kappa shape index (κ2) is 13.7. The molecule has 0 aliphatic heterocycles. The summed E-state index contributed by atoms with van der Waals surface area (Å²) >= 11 is 0. The molecule has 17 heteroatoms. The Morgan fingerprint density at radius 3 is 2.20 bits per heavy atom. The molecule has 0 fully saturated rings. The molecule has 258 valence electrons. The number of carbonyl (C=O) groups excluding carboxylic acids is 1. The van der Waals surface area contributed by atoms with Gasteiger partial charge in [0.15, 0.2) is 0 Å². The number of aromatic nitrogens is 5. The third-order valence-corrected chi connectivity index (χ3v) is 9.22. The predicted octanol–water partition coefficient (Wildman–Crippen LogP) is 3.05. The zero-order chi connectivity index (χ0) is 36.4. The van der Waals surface area contributed by atoms with Crippen LogP contribution in [0.2, 0.25) is 0 Å². The van der Waals surface area contributed by atoms with E-state index in [2.05, 4.69) is 20.3 Å². The van der Waals surface area contributed by atoms with Crippen molar-refractivity contribution in [1.29, 1.82) is 0 Å². The Bertz CT molecular complexity index is 2520. The van der Waals surface area contributed by atoms with Crippen molar-refractivity contribution in [1.82, 2.24) is 29.4 Å². The molecule has 6 aromatic rings. The summed E-state index contributed by atoms with van der Waals surface area (Å²) in [5.74, 6) is -5.83. The molecule has 14 nitrogen and oxygen atoms in total. The molecule has 0 unspecified atom stereocenters. The molecule has 4 heterocycles. The minimum Gasteiger partial charge on any atom is -0.480 e. The monoisotopic (exact) mass is 713 g/mol. The van der Waals surface area contributed by atoms with Crippen molar-refractivity contribution in [3.05, 3.63) is 141 Å². The van der Waals surface area contributed by atoms with Crippen LogP contribution in [0.4, 0.5) is 14.5 Å². The maximum absolute atomic E-state index is 15.1. The molecule has 0 bridgehead atoms. The molecule has 0 aliphatic carbocycles. The van der Waals surface area contributed by atoms with Gasteiger partial charge in [-0.1, -0.05) is 12.1 Å². The number of halogens is 2. The molecule has 4 aromatic heterocycles. The Balaban J connectivity index is 1.17. The van der Waals surface area contributed by atoms with E-state index in [-0.39, 0.29) is 22.4 Å². The molecule has 51 heavy (non-hydrogen) atoms. The number of fused-ring (bicyclic) bond motifs is 1. The first-order valence-electron chi connectivity index (χ1n) is 14.9. The van der Waals surface area contributed by atoms with Crippen molar-refractivity contribution in [2.75, 3.05) is 4.72 Å². The number of nitrogens with zero attached hydrogens (tertiary/aromatic N) is 5. The average Bonchev–Trinajstić information content (AvgIpc) is 3.11. The molecular weight excluding hydrogens is 688 g/mol. The predicted molar refractivity (Wildman–Crippen MR) is 180 cm³/mol. The zero-order valence-corrected chi connectivity index (χ0v) is 27.1. The number of amides is 1. The van der Waals surface area contributed by atoms with Gasteiger partial charge in [0.25, 0.3) is 21.5 Å². The van der Waals surface area contributed by atoms with Crippen LogP contribution < -0.4 is 21.3 Å². The molecule has 0 aliphatic rings. The highest BCUT2D eigenvalue weighted by molar-refractivity contribution is 7.92. The molecule has 0 saturated heterocycles. The van der Waals surface area contributed by atoms with E-state index in [1.807, 2.05) is 4.72 Å². The van der Waals surface area contributed by atoms with Gasteiger partial charge in [-0.3, -0.25) is 33.8 Å². The maximum Gasteiger partial charge on any atom is 0.335 e. The molecule has 6 rings (SSSR count). The van der Waals surface area contributed by atoms with E-state index >= 15 is 8.78 Å². The van der Waals surface area contributed by atoms with Crippen molar-refractivity contribution in [3.8, 4) is 16.9 Å². The van der Waals surface area contributed by atoms with Gasteiger partial charge >= 0.3 is 11.7 Å². The number of hydrogen-bond acceptors (Lipinski definition) is 9. The van der Waals surface area contributed by atoms with Gasteiger partial charge in [0, 0.05) is 43.8 Å². The van der Waals surface area contributed by atoms with Crippen LogP contribution in [-0.4, -0.2) is 55.5 Å². The van der Waals surface area contributed by atoms with Crippen LogP contribution in [0.25, 0.3) is 27.8 Å². The summed E-state index contributed by atoms with van der Waals surface area (Å²) in [6.07, 6.45) is 6.61. The number of nitrogens with one attached hydrogen (secondary N) is 2. The minimum atomic E-state index is -4.36. The van der Waals surface area contributed by atoms with Crippen LogP contribution >= 0.6 is 0 Å². The van der Waals surface area contributed by atoms with Gasteiger partial charge in [-0.25, -0.2) is 31.4 Å². The van der Waals surface area contributed by atoms with Crippen LogP contribution in [0.3, 0.4) is 0 Å². The molecule has 0 radical (unpaired) electrons. The third-order valence-electron chi connectivity index (χ3n) is 7.86. The van der Waals surface area contributed by atoms with Crippen molar-refractivity contribution in [2.45, 2.75) is 17.4 Å². The lowest BCUT2D eigenvalue weighted by Crippen LogP contribution is -2.43. The molecular formula is C34H25F2N7O7S. The van der Waals surface area contributed by atoms with Gasteiger partial charge in [-0.05, 0) is 60.2 Å². The van der Waals surface area contributed by atoms with Gasteiger partial charge in [0.1, 0.15) is 28.1 Å². The van der Waals surface area contributed by atoms with E-state index < -0.39 is 62.1 Å². The van der Waals surface area contributed by atoms with Crippen LogP contribution in [-0.2, 0) is 28.3 Å². The molecule has 1 amide bonds. The van der Waals surface area contributed by atoms with Gasteiger partial charge < -0.3 is 10.4 Å². The normalized spacial score (nSPS) is 12.0. The van der Waals surface area contributed by atoms with E-state index in [0.29, 0.717) is 34.5 Å². The highest BCUT2D eigenvalue weighted by Crippen LogP contribution is 2.24. The quantitative estimate of drug-likeness (QED) is 0.190. The number of anilines is 1. The third kappa shape index (κ3) is 6.95. The number of pyridine rings is 3. The Morgan fingerprint density at radius 2 is 1.57 bits per heavy atom. The second-order valence-corrected chi connectivity index (χ2v) is 12.8. The fourth-order valence-electron chi connectivity index (χ4n) is 5.27. The van der Waals surface area contributed by atoms with E-state index in [1.54, 1.807) is 24.5 Å². The van der Waals surface area contributed by atoms with E-state index in [1.165, 1.54) is 66.5 Å². The zero-order valence-electron chi connectivity index (χ0n) is 26.3. The minimum absolute atomic E-state index is 0.192. The van der Waals surface area contributed by atoms with Crippen molar-refractivity contribution in [2.24, 2.45) is 7.05 Å². The summed E-state index contributed by atoms with van der Waals surface area (Å²) in [5, 5.41) is 12.1. The first-order chi connectivity index (χ1) is 24.3. The van der Waals surface area contributed by atoms with Crippen molar-refractivity contribution in [3.63, 3.8) is 0 Å².